The highest BCUT2D eigenvalue weighted by molar-refractivity contribution is 5.96. The van der Waals surface area contributed by atoms with Crippen molar-refractivity contribution in [2.45, 2.75) is 33.1 Å². The third-order valence-corrected chi connectivity index (χ3v) is 2.92. The van der Waals surface area contributed by atoms with Crippen molar-refractivity contribution in [3.8, 4) is 0 Å². The van der Waals surface area contributed by atoms with Crippen molar-refractivity contribution in [1.29, 1.82) is 0 Å². The lowest BCUT2D eigenvalue weighted by Gasteiger charge is -2.07. The quantitative estimate of drug-likeness (QED) is 0.748. The molecule has 0 aliphatic heterocycles. The molecule has 1 aromatic rings. The molecule has 0 aliphatic rings. The van der Waals surface area contributed by atoms with Crippen molar-refractivity contribution >= 4 is 5.78 Å². The Morgan fingerprint density at radius 1 is 1.44 bits per heavy atom. The van der Waals surface area contributed by atoms with Gasteiger partial charge in [-0.2, -0.15) is 0 Å². The van der Waals surface area contributed by atoms with Gasteiger partial charge in [-0.25, -0.2) is 0 Å². The first kappa shape index (κ1) is 12.9. The normalized spacial score (nSPS) is 12.4. The van der Waals surface area contributed by atoms with Crippen LogP contribution in [0.3, 0.4) is 0 Å². The van der Waals surface area contributed by atoms with Gasteiger partial charge in [0.25, 0.3) is 0 Å². The summed E-state index contributed by atoms with van der Waals surface area (Å²) in [4.78, 5) is 11.9. The van der Waals surface area contributed by atoms with Crippen molar-refractivity contribution in [3.05, 3.63) is 35.4 Å². The van der Waals surface area contributed by atoms with E-state index in [-0.39, 0.29) is 5.78 Å². The molecule has 1 unspecified atom stereocenters. The van der Waals surface area contributed by atoms with Crippen LogP contribution in [0.4, 0.5) is 0 Å². The fourth-order valence-corrected chi connectivity index (χ4v) is 1.60. The summed E-state index contributed by atoms with van der Waals surface area (Å²) in [7, 11) is 0. The van der Waals surface area contributed by atoms with Crippen LogP contribution < -0.4 is 5.73 Å². The van der Waals surface area contributed by atoms with Crippen LogP contribution in [0.1, 0.15) is 42.6 Å². The molecule has 0 radical (unpaired) electrons. The van der Waals surface area contributed by atoms with E-state index >= 15 is 0 Å². The molecular weight excluding hydrogens is 198 g/mol. The molecule has 0 saturated heterocycles. The maximum absolute atomic E-state index is 11.9. The summed E-state index contributed by atoms with van der Waals surface area (Å²) in [5.74, 6) is 0.661. The molecule has 2 heteroatoms. The average molecular weight is 219 g/mol. The van der Waals surface area contributed by atoms with Gasteiger partial charge >= 0.3 is 0 Å². The first-order chi connectivity index (χ1) is 7.67. The summed E-state index contributed by atoms with van der Waals surface area (Å²) in [6, 6.07) is 7.90. The molecule has 2 N–H and O–H groups in total. The topological polar surface area (TPSA) is 43.1 Å². The fourth-order valence-electron chi connectivity index (χ4n) is 1.60. The number of benzene rings is 1. The summed E-state index contributed by atoms with van der Waals surface area (Å²) >= 11 is 0. The molecule has 1 aromatic carbocycles. The summed E-state index contributed by atoms with van der Waals surface area (Å²) < 4.78 is 0. The monoisotopic (exact) mass is 219 g/mol. The van der Waals surface area contributed by atoms with E-state index in [1.165, 1.54) is 5.56 Å². The average Bonchev–Trinajstić information content (AvgIpc) is 2.35. The number of ketones is 1. The molecule has 0 bridgehead atoms. The molecule has 1 rings (SSSR count). The number of Topliss-reactive ketones (excluding diaryl/α,β-unsaturated/α-hetero) is 1. The van der Waals surface area contributed by atoms with Crippen LogP contribution >= 0.6 is 0 Å². The zero-order valence-electron chi connectivity index (χ0n) is 10.2. The number of rotatable bonds is 6. The van der Waals surface area contributed by atoms with Crippen LogP contribution in [0.5, 0.6) is 0 Å². The highest BCUT2D eigenvalue weighted by atomic mass is 16.1. The van der Waals surface area contributed by atoms with Gasteiger partial charge in [-0.1, -0.05) is 32.0 Å². The second kappa shape index (κ2) is 6.44. The Balaban J connectivity index is 2.58. The van der Waals surface area contributed by atoms with E-state index in [4.69, 9.17) is 5.73 Å². The lowest BCUT2D eigenvalue weighted by atomic mass is 9.98. The van der Waals surface area contributed by atoms with Gasteiger partial charge in [0, 0.05) is 12.0 Å². The molecule has 16 heavy (non-hydrogen) atoms. The van der Waals surface area contributed by atoms with E-state index in [2.05, 4.69) is 19.9 Å². The predicted octanol–water partition coefficient (Wildman–Crippen LogP) is 2.81. The molecule has 0 spiro atoms. The molecule has 0 heterocycles. The minimum absolute atomic E-state index is 0.232. The number of hydrogen-bond donors (Lipinski definition) is 1. The van der Waals surface area contributed by atoms with Crippen LogP contribution in [0.25, 0.3) is 0 Å². The summed E-state index contributed by atoms with van der Waals surface area (Å²) in [6.45, 7) is 4.83. The predicted molar refractivity (Wildman–Crippen MR) is 67.6 cm³/mol. The Kier molecular flexibility index (Phi) is 5.20. The van der Waals surface area contributed by atoms with Crippen molar-refractivity contribution in [3.63, 3.8) is 0 Å². The molecule has 0 saturated carbocycles. The highest BCUT2D eigenvalue weighted by Gasteiger charge is 2.08. The Morgan fingerprint density at radius 2 is 2.19 bits per heavy atom. The minimum Gasteiger partial charge on any atom is -0.330 e. The third kappa shape index (κ3) is 3.78. The molecule has 0 aliphatic carbocycles. The van der Waals surface area contributed by atoms with E-state index < -0.39 is 0 Å². The summed E-state index contributed by atoms with van der Waals surface area (Å²) in [5.41, 5.74) is 7.59. The molecule has 0 aromatic heterocycles. The van der Waals surface area contributed by atoms with Gasteiger partial charge < -0.3 is 5.73 Å². The number of carbonyl (C=O) groups is 1. The zero-order chi connectivity index (χ0) is 12.0. The van der Waals surface area contributed by atoms with Crippen molar-refractivity contribution < 1.29 is 4.79 Å². The third-order valence-electron chi connectivity index (χ3n) is 2.92. The molecule has 0 fully saturated rings. The summed E-state index contributed by atoms with van der Waals surface area (Å²) in [6.07, 6.45) is 2.46. The number of carbonyl (C=O) groups excluding carboxylic acids is 1. The van der Waals surface area contributed by atoms with Crippen LogP contribution in [-0.4, -0.2) is 12.3 Å². The molecule has 88 valence electrons. The van der Waals surface area contributed by atoms with E-state index in [0.29, 0.717) is 18.9 Å². The van der Waals surface area contributed by atoms with Crippen LogP contribution in [-0.2, 0) is 6.42 Å². The second-order valence-electron chi connectivity index (χ2n) is 4.36. The lowest BCUT2D eigenvalue weighted by molar-refractivity contribution is 0.0975. The summed E-state index contributed by atoms with van der Waals surface area (Å²) in [5, 5.41) is 0. The van der Waals surface area contributed by atoms with Crippen LogP contribution in [0.2, 0.25) is 0 Å². The number of aryl methyl sites for hydroxylation is 1. The number of nitrogens with two attached hydrogens (primary N) is 1. The Morgan fingerprint density at radius 3 is 2.81 bits per heavy atom. The van der Waals surface area contributed by atoms with E-state index in [9.17, 15) is 4.79 Å². The van der Waals surface area contributed by atoms with Gasteiger partial charge in [0.2, 0.25) is 0 Å². The van der Waals surface area contributed by atoms with E-state index in [0.717, 1.165) is 18.4 Å². The second-order valence-corrected chi connectivity index (χ2v) is 4.36. The molecule has 2 nitrogen and oxygen atoms in total. The van der Waals surface area contributed by atoms with Crippen molar-refractivity contribution in [1.82, 2.24) is 0 Å². The Hall–Kier alpha value is -1.15. The van der Waals surface area contributed by atoms with Crippen LogP contribution in [0.15, 0.2) is 24.3 Å². The fraction of sp³-hybridized carbons (Fsp3) is 0.500. The maximum atomic E-state index is 11.9. The molecule has 1 atom stereocenters. The van der Waals surface area contributed by atoms with Gasteiger partial charge in [-0.3, -0.25) is 4.79 Å². The zero-order valence-corrected chi connectivity index (χ0v) is 10.2. The first-order valence-corrected chi connectivity index (χ1v) is 5.99. The van der Waals surface area contributed by atoms with Crippen molar-refractivity contribution in [2.24, 2.45) is 11.7 Å². The lowest BCUT2D eigenvalue weighted by Crippen LogP contribution is -2.12. The highest BCUT2D eigenvalue weighted by Crippen LogP contribution is 2.12. The maximum Gasteiger partial charge on any atom is 0.162 e. The first-order valence-electron chi connectivity index (χ1n) is 5.99. The minimum atomic E-state index is 0.232. The van der Waals surface area contributed by atoms with Gasteiger partial charge in [0.05, 0.1) is 0 Å². The Bertz CT molecular complexity index is 346. The van der Waals surface area contributed by atoms with Crippen LogP contribution in [0, 0.1) is 5.92 Å². The van der Waals surface area contributed by atoms with Crippen molar-refractivity contribution in [2.75, 3.05) is 6.54 Å². The standard InChI is InChI=1S/C14H21NO/c1-3-12-5-4-6-13(9-12)14(16)8-7-11(2)10-15/h4-6,9,11H,3,7-8,10,15H2,1-2H3. The smallest absolute Gasteiger partial charge is 0.162 e. The largest absolute Gasteiger partial charge is 0.330 e. The molecular formula is C14H21NO. The SMILES string of the molecule is CCc1cccc(C(=O)CCC(C)CN)c1. The van der Waals surface area contributed by atoms with E-state index in [1.54, 1.807) is 0 Å². The number of hydrogen-bond acceptors (Lipinski definition) is 2. The van der Waals surface area contributed by atoms with E-state index in [1.807, 2.05) is 18.2 Å². The van der Waals surface area contributed by atoms with Gasteiger partial charge in [0.15, 0.2) is 5.78 Å². The van der Waals surface area contributed by atoms with Gasteiger partial charge in [-0.05, 0) is 36.9 Å². The Labute approximate surface area is 97.9 Å². The molecule has 0 amide bonds. The van der Waals surface area contributed by atoms with Gasteiger partial charge in [-0.15, -0.1) is 0 Å². The van der Waals surface area contributed by atoms with Gasteiger partial charge in [0.1, 0.15) is 0 Å².